The summed E-state index contributed by atoms with van der Waals surface area (Å²) in [6.45, 7) is 4.18. The molecule has 0 atom stereocenters. The smallest absolute Gasteiger partial charge is 0.259 e. The Kier molecular flexibility index (Phi) is 6.78. The Labute approximate surface area is 215 Å². The number of rotatable bonds is 6. The molecule has 2 aliphatic rings. The van der Waals surface area contributed by atoms with Crippen molar-refractivity contribution in [1.82, 2.24) is 14.9 Å². The number of hydrogen-bond acceptors (Lipinski definition) is 6. The fourth-order valence-corrected chi connectivity index (χ4v) is 4.70. The Hall–Kier alpha value is -4.01. The highest BCUT2D eigenvalue weighted by atomic mass is 19.1. The molecule has 8 nitrogen and oxygen atoms in total. The molecule has 1 N–H and O–H groups in total. The van der Waals surface area contributed by atoms with Crippen LogP contribution >= 0.6 is 0 Å². The summed E-state index contributed by atoms with van der Waals surface area (Å²) in [5.74, 6) is 0.783. The number of pyridine rings is 2. The predicted molar refractivity (Wildman–Crippen MR) is 139 cm³/mol. The molecule has 1 aromatic carbocycles. The minimum atomic E-state index is -1.59. The number of piperidine rings is 1. The summed E-state index contributed by atoms with van der Waals surface area (Å²) in [5.41, 5.74) is 1.12. The molecular weight excluding hydrogens is 473 g/mol. The number of carbonyl (C=O) groups is 2. The number of likely N-dealkylation sites (tertiary alicyclic amines) is 1. The topological polar surface area (TPSA) is 87.7 Å². The van der Waals surface area contributed by atoms with Crippen molar-refractivity contribution in [2.24, 2.45) is 0 Å². The van der Waals surface area contributed by atoms with Gasteiger partial charge in [-0.1, -0.05) is 6.07 Å². The average Bonchev–Trinajstić information content (AvgIpc) is 2.89. The lowest BCUT2D eigenvalue weighted by Gasteiger charge is -2.36. The van der Waals surface area contributed by atoms with Gasteiger partial charge in [-0.25, -0.2) is 9.37 Å². The van der Waals surface area contributed by atoms with Crippen molar-refractivity contribution in [1.29, 1.82) is 0 Å². The van der Waals surface area contributed by atoms with Crippen LogP contribution in [-0.4, -0.2) is 60.0 Å². The maximum atomic E-state index is 15.6. The molecule has 3 aromatic rings. The molecule has 2 aliphatic heterocycles. The molecule has 192 valence electrons. The van der Waals surface area contributed by atoms with Gasteiger partial charge in [0.2, 0.25) is 0 Å². The molecule has 9 heteroatoms. The van der Waals surface area contributed by atoms with Crippen molar-refractivity contribution < 1.29 is 18.7 Å². The number of halogens is 1. The molecular formula is C28H30FN5O3. The number of aromatic nitrogens is 2. The normalized spacial score (nSPS) is 16.6. The number of alkyl halides is 1. The number of carbonyl (C=O) groups excluding carboxylic acids is 2. The zero-order valence-corrected chi connectivity index (χ0v) is 21.0. The lowest BCUT2D eigenvalue weighted by molar-refractivity contribution is 0.0402. The van der Waals surface area contributed by atoms with Crippen molar-refractivity contribution in [3.05, 3.63) is 77.2 Å². The van der Waals surface area contributed by atoms with Crippen LogP contribution in [0, 0.1) is 6.92 Å². The van der Waals surface area contributed by atoms with Crippen LogP contribution in [0.25, 0.3) is 0 Å². The average molecular weight is 504 g/mol. The Morgan fingerprint density at radius 2 is 1.84 bits per heavy atom. The molecule has 0 radical (unpaired) electrons. The zero-order chi connectivity index (χ0) is 26.0. The number of methoxy groups -OCH3 is 1. The third kappa shape index (κ3) is 4.98. The van der Waals surface area contributed by atoms with Gasteiger partial charge in [-0.2, -0.15) is 0 Å². The van der Waals surface area contributed by atoms with E-state index in [9.17, 15) is 9.59 Å². The van der Waals surface area contributed by atoms with E-state index in [0.29, 0.717) is 34.1 Å². The first-order valence-corrected chi connectivity index (χ1v) is 12.5. The fraction of sp³-hybridized carbons (Fsp3) is 0.357. The van der Waals surface area contributed by atoms with E-state index in [1.807, 2.05) is 13.0 Å². The van der Waals surface area contributed by atoms with Crippen molar-refractivity contribution in [2.75, 3.05) is 43.5 Å². The van der Waals surface area contributed by atoms with Crippen LogP contribution < -0.4 is 15.0 Å². The van der Waals surface area contributed by atoms with Gasteiger partial charge >= 0.3 is 0 Å². The van der Waals surface area contributed by atoms with E-state index in [1.165, 1.54) is 13.3 Å². The van der Waals surface area contributed by atoms with E-state index >= 15 is 4.39 Å². The first-order chi connectivity index (χ1) is 17.9. The Morgan fingerprint density at radius 1 is 1.05 bits per heavy atom. The number of amides is 2. The number of benzene rings is 1. The summed E-state index contributed by atoms with van der Waals surface area (Å²) < 4.78 is 20.7. The third-order valence-corrected chi connectivity index (χ3v) is 7.19. The van der Waals surface area contributed by atoms with Gasteiger partial charge in [0.05, 0.1) is 24.6 Å². The van der Waals surface area contributed by atoms with Gasteiger partial charge in [0.15, 0.2) is 5.67 Å². The SMILES string of the molecule is COc1ccc(C2(F)CCN(C(=O)c3ccc(C)c(NC(=O)c4cccnc4N4CCC4)c3)CC2)nc1. The number of aryl methyl sites for hydroxylation is 1. The molecule has 0 bridgehead atoms. The van der Waals surface area contributed by atoms with Crippen LogP contribution in [0.1, 0.15) is 51.2 Å². The van der Waals surface area contributed by atoms with Gasteiger partial charge in [0.25, 0.3) is 11.8 Å². The monoisotopic (exact) mass is 503 g/mol. The number of anilines is 2. The standard InChI is InChI=1S/C28H30FN5O3/c1-19-6-7-20(17-23(19)32-26(35)22-5-3-12-30-25(22)33-13-4-14-33)27(36)34-15-10-28(29,11-16-34)24-9-8-21(37-2)18-31-24/h3,5-9,12,17-18H,4,10-11,13-16H2,1-2H3,(H,32,35). The van der Waals surface area contributed by atoms with Gasteiger partial charge in [-0.15, -0.1) is 0 Å². The van der Waals surface area contributed by atoms with Crippen LogP contribution in [0.5, 0.6) is 5.75 Å². The molecule has 0 spiro atoms. The van der Waals surface area contributed by atoms with E-state index in [4.69, 9.17) is 4.74 Å². The molecule has 0 saturated carbocycles. The highest BCUT2D eigenvalue weighted by Crippen LogP contribution is 2.37. The van der Waals surface area contributed by atoms with Gasteiger partial charge in [-0.3, -0.25) is 14.6 Å². The molecule has 2 aromatic heterocycles. The molecule has 0 aliphatic carbocycles. The summed E-state index contributed by atoms with van der Waals surface area (Å²) >= 11 is 0. The van der Waals surface area contributed by atoms with Crippen molar-refractivity contribution in [2.45, 2.75) is 31.9 Å². The predicted octanol–water partition coefficient (Wildman–Crippen LogP) is 4.36. The zero-order valence-electron chi connectivity index (χ0n) is 21.0. The number of nitrogens with one attached hydrogen (secondary N) is 1. The number of nitrogens with zero attached hydrogens (tertiary/aromatic N) is 4. The first-order valence-electron chi connectivity index (χ1n) is 12.5. The summed E-state index contributed by atoms with van der Waals surface area (Å²) in [7, 11) is 1.54. The maximum absolute atomic E-state index is 15.6. The van der Waals surface area contributed by atoms with Gasteiger partial charge in [0, 0.05) is 56.5 Å². The van der Waals surface area contributed by atoms with E-state index in [1.54, 1.807) is 47.5 Å². The van der Waals surface area contributed by atoms with Crippen LogP contribution in [0.2, 0.25) is 0 Å². The van der Waals surface area contributed by atoms with Crippen LogP contribution in [0.4, 0.5) is 15.9 Å². The van der Waals surface area contributed by atoms with Crippen molar-refractivity contribution >= 4 is 23.3 Å². The van der Waals surface area contributed by atoms with Gasteiger partial charge < -0.3 is 19.9 Å². The Bertz CT molecular complexity index is 1300. The molecule has 2 amide bonds. The Balaban J connectivity index is 1.27. The highest BCUT2D eigenvalue weighted by molar-refractivity contribution is 6.08. The van der Waals surface area contributed by atoms with Gasteiger partial charge in [-0.05, 0) is 55.3 Å². The molecule has 4 heterocycles. The molecule has 0 unspecified atom stereocenters. The summed E-state index contributed by atoms with van der Waals surface area (Å²) in [5, 5.41) is 2.96. The lowest BCUT2D eigenvalue weighted by atomic mass is 9.89. The molecule has 2 fully saturated rings. The summed E-state index contributed by atoms with van der Waals surface area (Å²) in [4.78, 5) is 38.8. The minimum Gasteiger partial charge on any atom is -0.495 e. The van der Waals surface area contributed by atoms with E-state index in [2.05, 4.69) is 20.2 Å². The number of ether oxygens (including phenoxy) is 1. The first kappa shape index (κ1) is 24.7. The summed E-state index contributed by atoms with van der Waals surface area (Å²) in [6.07, 6.45) is 4.60. The second-order valence-electron chi connectivity index (χ2n) is 9.54. The summed E-state index contributed by atoms with van der Waals surface area (Å²) in [6, 6.07) is 12.1. The second-order valence-corrected chi connectivity index (χ2v) is 9.54. The number of hydrogen-bond donors (Lipinski definition) is 1. The van der Waals surface area contributed by atoms with Crippen molar-refractivity contribution in [3.8, 4) is 5.75 Å². The molecule has 37 heavy (non-hydrogen) atoms. The second kappa shape index (κ2) is 10.2. The van der Waals surface area contributed by atoms with E-state index in [-0.39, 0.29) is 37.7 Å². The Morgan fingerprint density at radius 3 is 2.49 bits per heavy atom. The third-order valence-electron chi connectivity index (χ3n) is 7.19. The van der Waals surface area contributed by atoms with Crippen LogP contribution in [0.3, 0.4) is 0 Å². The quantitative estimate of drug-likeness (QED) is 0.538. The minimum absolute atomic E-state index is 0.161. The molecule has 2 saturated heterocycles. The van der Waals surface area contributed by atoms with Crippen LogP contribution in [0.15, 0.2) is 54.9 Å². The van der Waals surface area contributed by atoms with Gasteiger partial charge in [0.1, 0.15) is 11.6 Å². The van der Waals surface area contributed by atoms with E-state index < -0.39 is 5.67 Å². The fourth-order valence-electron chi connectivity index (χ4n) is 4.70. The van der Waals surface area contributed by atoms with Crippen molar-refractivity contribution in [3.63, 3.8) is 0 Å². The molecule has 5 rings (SSSR count). The highest BCUT2D eigenvalue weighted by Gasteiger charge is 2.39. The largest absolute Gasteiger partial charge is 0.495 e. The maximum Gasteiger partial charge on any atom is 0.259 e. The van der Waals surface area contributed by atoms with E-state index in [0.717, 1.165) is 25.1 Å². The van der Waals surface area contributed by atoms with Crippen LogP contribution in [-0.2, 0) is 5.67 Å². The lowest BCUT2D eigenvalue weighted by Crippen LogP contribution is -2.43.